The predicted molar refractivity (Wildman–Crippen MR) is 85.8 cm³/mol. The Morgan fingerprint density at radius 2 is 1.95 bits per heavy atom. The number of hydrogen-bond donors (Lipinski definition) is 0. The highest BCUT2D eigenvalue weighted by molar-refractivity contribution is 7.21. The average Bonchev–Trinajstić information content (AvgIpc) is 2.55. The quantitative estimate of drug-likeness (QED) is 0.535. The van der Waals surface area contributed by atoms with E-state index in [2.05, 4.69) is 9.97 Å². The van der Waals surface area contributed by atoms with Crippen LogP contribution in [0.2, 0.25) is 0 Å². The first kappa shape index (κ1) is 14.8. The smallest absolute Gasteiger partial charge is 0.279 e. The number of aromatic nitrogens is 2. The third-order valence-corrected chi connectivity index (χ3v) is 4.07. The van der Waals surface area contributed by atoms with Crippen LogP contribution in [0, 0.1) is 0 Å². The predicted octanol–water partition coefficient (Wildman–Crippen LogP) is 2.84. The van der Waals surface area contributed by atoms with E-state index in [1.807, 2.05) is 36.4 Å². The van der Waals surface area contributed by atoms with Crippen molar-refractivity contribution in [1.29, 1.82) is 0 Å². The Bertz CT molecular complexity index is 848. The lowest BCUT2D eigenvalue weighted by molar-refractivity contribution is -0.0400. The first-order valence-electron chi connectivity index (χ1n) is 6.71. The molecule has 0 spiro atoms. The monoisotopic (exact) mass is 314 g/mol. The molecule has 3 rings (SSSR count). The molecule has 0 aliphatic rings. The van der Waals surface area contributed by atoms with Crippen molar-refractivity contribution < 1.29 is 9.47 Å². The molecule has 112 valence electrons. The SMILES string of the molecule is COCOCc1cccc(-c2nc(=O)c3ccccc3s2)n1. The maximum Gasteiger partial charge on any atom is 0.279 e. The zero-order valence-electron chi connectivity index (χ0n) is 12.0. The molecule has 0 unspecified atom stereocenters. The van der Waals surface area contributed by atoms with Gasteiger partial charge < -0.3 is 9.47 Å². The summed E-state index contributed by atoms with van der Waals surface area (Å²) in [5, 5.41) is 1.24. The lowest BCUT2D eigenvalue weighted by Gasteiger charge is -2.05. The minimum Gasteiger partial charge on any atom is -0.359 e. The largest absolute Gasteiger partial charge is 0.359 e. The molecule has 1 aromatic carbocycles. The average molecular weight is 314 g/mol. The van der Waals surface area contributed by atoms with E-state index in [0.717, 1.165) is 10.4 Å². The number of pyridine rings is 1. The van der Waals surface area contributed by atoms with Gasteiger partial charge in [-0.1, -0.05) is 18.2 Å². The van der Waals surface area contributed by atoms with Gasteiger partial charge in [-0.15, -0.1) is 11.3 Å². The zero-order valence-corrected chi connectivity index (χ0v) is 12.8. The van der Waals surface area contributed by atoms with E-state index < -0.39 is 0 Å². The second-order valence-electron chi connectivity index (χ2n) is 4.59. The number of benzene rings is 1. The highest BCUT2D eigenvalue weighted by Crippen LogP contribution is 2.24. The highest BCUT2D eigenvalue weighted by Gasteiger charge is 2.08. The van der Waals surface area contributed by atoms with Crippen LogP contribution in [0.1, 0.15) is 5.69 Å². The van der Waals surface area contributed by atoms with Crippen molar-refractivity contribution in [2.75, 3.05) is 13.9 Å². The van der Waals surface area contributed by atoms with Gasteiger partial charge in [0, 0.05) is 11.8 Å². The molecular formula is C16H14N2O3S. The van der Waals surface area contributed by atoms with Gasteiger partial charge in [0.1, 0.15) is 11.8 Å². The first-order chi connectivity index (χ1) is 10.8. The third kappa shape index (κ3) is 3.19. The van der Waals surface area contributed by atoms with Gasteiger partial charge in [0.05, 0.1) is 23.4 Å². The molecule has 0 saturated carbocycles. The Morgan fingerprint density at radius 3 is 2.82 bits per heavy atom. The van der Waals surface area contributed by atoms with E-state index in [-0.39, 0.29) is 12.4 Å². The second-order valence-corrected chi connectivity index (χ2v) is 5.62. The molecule has 3 aromatic rings. The molecule has 0 fully saturated rings. The lowest BCUT2D eigenvalue weighted by atomic mass is 10.3. The number of ether oxygens (including phenoxy) is 2. The van der Waals surface area contributed by atoms with Crippen LogP contribution in [0.4, 0.5) is 0 Å². The molecule has 5 nitrogen and oxygen atoms in total. The normalized spacial score (nSPS) is 11.0. The summed E-state index contributed by atoms with van der Waals surface area (Å²) in [6, 6.07) is 13.0. The van der Waals surface area contributed by atoms with Gasteiger partial charge in [0.15, 0.2) is 0 Å². The summed E-state index contributed by atoms with van der Waals surface area (Å²) >= 11 is 1.45. The maximum absolute atomic E-state index is 12.1. The van der Waals surface area contributed by atoms with Crippen LogP contribution in [-0.4, -0.2) is 23.9 Å². The molecule has 6 heteroatoms. The third-order valence-electron chi connectivity index (χ3n) is 3.00. The van der Waals surface area contributed by atoms with Gasteiger partial charge in [0.25, 0.3) is 5.56 Å². The van der Waals surface area contributed by atoms with Crippen LogP contribution in [0.25, 0.3) is 20.8 Å². The Hall–Kier alpha value is -2.15. The number of rotatable bonds is 5. The standard InChI is InChI=1S/C16H14N2O3S/c1-20-10-21-9-11-5-4-7-13(17-11)16-18-15(19)12-6-2-3-8-14(12)22-16/h2-8H,9-10H2,1H3. The molecule has 22 heavy (non-hydrogen) atoms. The Labute approximate surface area is 131 Å². The van der Waals surface area contributed by atoms with E-state index in [0.29, 0.717) is 22.7 Å². The molecule has 0 radical (unpaired) electrons. The van der Waals surface area contributed by atoms with Crippen molar-refractivity contribution >= 4 is 21.4 Å². The molecule has 0 N–H and O–H groups in total. The molecule has 0 saturated heterocycles. The molecule has 2 heterocycles. The van der Waals surface area contributed by atoms with E-state index in [1.54, 1.807) is 13.2 Å². The van der Waals surface area contributed by atoms with Gasteiger partial charge >= 0.3 is 0 Å². The van der Waals surface area contributed by atoms with Crippen molar-refractivity contribution in [2.24, 2.45) is 0 Å². The van der Waals surface area contributed by atoms with Crippen LogP contribution in [0.5, 0.6) is 0 Å². The maximum atomic E-state index is 12.1. The van der Waals surface area contributed by atoms with Crippen LogP contribution in [-0.2, 0) is 16.1 Å². The van der Waals surface area contributed by atoms with Crippen LogP contribution >= 0.6 is 11.3 Å². The van der Waals surface area contributed by atoms with Crippen LogP contribution < -0.4 is 5.56 Å². The first-order valence-corrected chi connectivity index (χ1v) is 7.52. The fourth-order valence-corrected chi connectivity index (χ4v) is 3.00. The number of hydrogen-bond acceptors (Lipinski definition) is 6. The Kier molecular flexibility index (Phi) is 4.53. The minimum absolute atomic E-state index is 0.216. The summed E-state index contributed by atoms with van der Waals surface area (Å²) in [7, 11) is 1.57. The fourth-order valence-electron chi connectivity index (χ4n) is 2.03. The Balaban J connectivity index is 1.97. The lowest BCUT2D eigenvalue weighted by Crippen LogP contribution is -2.06. The van der Waals surface area contributed by atoms with Gasteiger partial charge in [-0.2, -0.15) is 4.98 Å². The second kappa shape index (κ2) is 6.74. The molecule has 0 atom stereocenters. The van der Waals surface area contributed by atoms with E-state index >= 15 is 0 Å². The van der Waals surface area contributed by atoms with Crippen molar-refractivity contribution in [1.82, 2.24) is 9.97 Å². The van der Waals surface area contributed by atoms with Gasteiger partial charge in [-0.25, -0.2) is 4.98 Å². The van der Waals surface area contributed by atoms with E-state index in [4.69, 9.17) is 9.47 Å². The number of fused-ring (bicyclic) bond motifs is 1. The zero-order chi connectivity index (χ0) is 15.4. The van der Waals surface area contributed by atoms with Crippen molar-refractivity contribution in [3.63, 3.8) is 0 Å². The van der Waals surface area contributed by atoms with Crippen LogP contribution in [0.15, 0.2) is 47.3 Å². The summed E-state index contributed by atoms with van der Waals surface area (Å²) < 4.78 is 11.0. The highest BCUT2D eigenvalue weighted by atomic mass is 32.1. The summed E-state index contributed by atoms with van der Waals surface area (Å²) in [6.07, 6.45) is 0. The molecule has 0 aliphatic heterocycles. The van der Waals surface area contributed by atoms with Gasteiger partial charge in [-0.3, -0.25) is 4.79 Å². The van der Waals surface area contributed by atoms with Crippen molar-refractivity contribution in [3.05, 3.63) is 58.5 Å². The molecule has 0 aliphatic carbocycles. The number of nitrogens with zero attached hydrogens (tertiary/aromatic N) is 2. The molecular weight excluding hydrogens is 300 g/mol. The summed E-state index contributed by atoms with van der Waals surface area (Å²) in [4.78, 5) is 20.7. The van der Waals surface area contributed by atoms with Gasteiger partial charge in [0.2, 0.25) is 0 Å². The molecule has 0 amide bonds. The fraction of sp³-hybridized carbons (Fsp3) is 0.188. The topological polar surface area (TPSA) is 61.3 Å². The molecule has 2 aromatic heterocycles. The van der Waals surface area contributed by atoms with Crippen molar-refractivity contribution in [2.45, 2.75) is 6.61 Å². The Morgan fingerprint density at radius 1 is 1.09 bits per heavy atom. The van der Waals surface area contributed by atoms with E-state index in [1.165, 1.54) is 11.3 Å². The number of methoxy groups -OCH3 is 1. The summed E-state index contributed by atoms with van der Waals surface area (Å²) in [6.45, 7) is 0.567. The summed E-state index contributed by atoms with van der Waals surface area (Å²) in [5.74, 6) is 0. The van der Waals surface area contributed by atoms with Gasteiger partial charge in [-0.05, 0) is 24.3 Å². The summed E-state index contributed by atoms with van der Waals surface area (Å²) in [5.41, 5.74) is 1.21. The minimum atomic E-state index is -0.229. The van der Waals surface area contributed by atoms with Crippen molar-refractivity contribution in [3.8, 4) is 10.7 Å². The van der Waals surface area contributed by atoms with Crippen LogP contribution in [0.3, 0.4) is 0 Å². The molecule has 0 bridgehead atoms. The van der Waals surface area contributed by atoms with E-state index in [9.17, 15) is 4.79 Å².